The predicted octanol–water partition coefficient (Wildman–Crippen LogP) is 4.34. The van der Waals surface area contributed by atoms with Crippen LogP contribution in [0.4, 0.5) is 0 Å². The van der Waals surface area contributed by atoms with Gasteiger partial charge >= 0.3 is 0 Å². The lowest BCUT2D eigenvalue weighted by Crippen LogP contribution is -2.38. The Labute approximate surface area is 182 Å². The number of methoxy groups -OCH3 is 2. The minimum atomic E-state index is 0.0396. The number of nitrogens with zero attached hydrogens (tertiary/aromatic N) is 3. The highest BCUT2D eigenvalue weighted by molar-refractivity contribution is 6.06. The highest BCUT2D eigenvalue weighted by Gasteiger charge is 2.26. The molecule has 1 amide bonds. The van der Waals surface area contributed by atoms with E-state index >= 15 is 0 Å². The Morgan fingerprint density at radius 2 is 1.77 bits per heavy atom. The number of ether oxygens (including phenoxy) is 2. The standard InChI is InChI=1S/C24H29N3O4/c1-15-11-21(22-16(2)26-31-23(22)25-15)24(28)27-9-7-17(8-10-27)5-6-18-12-19(29-3)14-20(13-18)30-4/h11-14,17H,5-10H2,1-4H3. The zero-order valence-electron chi connectivity index (χ0n) is 18.6. The van der Waals surface area contributed by atoms with Crippen LogP contribution in [-0.4, -0.2) is 48.3 Å². The van der Waals surface area contributed by atoms with Crippen LogP contribution in [0.25, 0.3) is 11.1 Å². The molecule has 1 aromatic carbocycles. The summed E-state index contributed by atoms with van der Waals surface area (Å²) in [4.78, 5) is 19.6. The number of hydrogen-bond acceptors (Lipinski definition) is 6. The van der Waals surface area contributed by atoms with Gasteiger partial charge < -0.3 is 18.9 Å². The van der Waals surface area contributed by atoms with E-state index in [0.717, 1.165) is 61.4 Å². The van der Waals surface area contributed by atoms with Crippen molar-refractivity contribution < 1.29 is 18.8 Å². The van der Waals surface area contributed by atoms with Crippen LogP contribution in [0.1, 0.15) is 46.6 Å². The monoisotopic (exact) mass is 423 g/mol. The number of aryl methyl sites for hydroxylation is 3. The molecule has 1 saturated heterocycles. The molecule has 3 heterocycles. The van der Waals surface area contributed by atoms with E-state index in [2.05, 4.69) is 22.3 Å². The SMILES string of the molecule is COc1cc(CCC2CCN(C(=O)c3cc(C)nc4onc(C)c34)CC2)cc(OC)c1. The molecule has 0 aliphatic carbocycles. The van der Waals surface area contributed by atoms with Gasteiger partial charge in [0.15, 0.2) is 0 Å². The van der Waals surface area contributed by atoms with E-state index in [1.54, 1.807) is 14.2 Å². The van der Waals surface area contributed by atoms with Crippen molar-refractivity contribution in [1.82, 2.24) is 15.0 Å². The largest absolute Gasteiger partial charge is 0.497 e. The normalized spacial score (nSPS) is 14.8. The number of likely N-dealkylation sites (tertiary alicyclic amines) is 1. The van der Waals surface area contributed by atoms with Gasteiger partial charge in [-0.1, -0.05) is 5.16 Å². The second kappa shape index (κ2) is 8.96. The van der Waals surface area contributed by atoms with Crippen LogP contribution in [-0.2, 0) is 6.42 Å². The summed E-state index contributed by atoms with van der Waals surface area (Å²) in [5.74, 6) is 2.27. The molecule has 1 aliphatic heterocycles. The summed E-state index contributed by atoms with van der Waals surface area (Å²) in [6, 6.07) is 7.87. The number of amides is 1. The van der Waals surface area contributed by atoms with E-state index < -0.39 is 0 Å². The average Bonchev–Trinajstić information content (AvgIpc) is 3.17. The van der Waals surface area contributed by atoms with E-state index in [0.29, 0.717) is 22.9 Å². The number of hydrogen-bond donors (Lipinski definition) is 0. The van der Waals surface area contributed by atoms with Gasteiger partial charge in [-0.15, -0.1) is 0 Å². The first kappa shape index (κ1) is 21.2. The molecule has 0 spiro atoms. The number of rotatable bonds is 6. The van der Waals surface area contributed by atoms with Crippen molar-refractivity contribution in [3.05, 3.63) is 46.8 Å². The van der Waals surface area contributed by atoms with Crippen molar-refractivity contribution in [2.45, 2.75) is 39.5 Å². The van der Waals surface area contributed by atoms with E-state index in [4.69, 9.17) is 14.0 Å². The maximum Gasteiger partial charge on any atom is 0.258 e. The molecule has 7 heteroatoms. The van der Waals surface area contributed by atoms with E-state index in [9.17, 15) is 4.79 Å². The summed E-state index contributed by atoms with van der Waals surface area (Å²) in [5, 5.41) is 4.72. The fourth-order valence-corrected chi connectivity index (χ4v) is 4.36. The van der Waals surface area contributed by atoms with E-state index in [1.807, 2.05) is 30.9 Å². The lowest BCUT2D eigenvalue weighted by Gasteiger charge is -2.32. The fourth-order valence-electron chi connectivity index (χ4n) is 4.36. The molecule has 164 valence electrons. The molecular weight excluding hydrogens is 394 g/mol. The number of aromatic nitrogens is 2. The summed E-state index contributed by atoms with van der Waals surface area (Å²) in [5.41, 5.74) is 3.75. The Balaban J connectivity index is 1.38. The molecule has 0 unspecified atom stereocenters. The Kier molecular flexibility index (Phi) is 6.11. The van der Waals surface area contributed by atoms with Crippen molar-refractivity contribution in [3.63, 3.8) is 0 Å². The molecule has 1 fully saturated rings. The van der Waals surface area contributed by atoms with E-state index in [-0.39, 0.29) is 5.91 Å². The summed E-state index contributed by atoms with van der Waals surface area (Å²) >= 11 is 0. The minimum Gasteiger partial charge on any atom is -0.497 e. The van der Waals surface area contributed by atoms with Gasteiger partial charge in [-0.3, -0.25) is 4.79 Å². The smallest absolute Gasteiger partial charge is 0.258 e. The van der Waals surface area contributed by atoms with Gasteiger partial charge in [0.25, 0.3) is 11.6 Å². The molecule has 0 radical (unpaired) electrons. The molecule has 0 N–H and O–H groups in total. The van der Waals surface area contributed by atoms with Crippen LogP contribution in [0.2, 0.25) is 0 Å². The summed E-state index contributed by atoms with van der Waals surface area (Å²) < 4.78 is 16.0. The van der Waals surface area contributed by atoms with Gasteiger partial charge in [-0.25, -0.2) is 4.98 Å². The maximum absolute atomic E-state index is 13.2. The number of carbonyl (C=O) groups is 1. The van der Waals surface area contributed by atoms with Crippen LogP contribution in [0, 0.1) is 19.8 Å². The number of carbonyl (C=O) groups excluding carboxylic acids is 1. The molecule has 2 aromatic heterocycles. The van der Waals surface area contributed by atoms with Crippen molar-refractivity contribution >= 4 is 17.0 Å². The highest BCUT2D eigenvalue weighted by Crippen LogP contribution is 2.29. The van der Waals surface area contributed by atoms with Gasteiger partial charge in [0.1, 0.15) is 11.5 Å². The van der Waals surface area contributed by atoms with Crippen LogP contribution >= 0.6 is 0 Å². The van der Waals surface area contributed by atoms with Crippen LogP contribution in [0.15, 0.2) is 28.8 Å². The summed E-state index contributed by atoms with van der Waals surface area (Å²) in [6.45, 7) is 5.24. The van der Waals surface area contributed by atoms with Crippen LogP contribution in [0.5, 0.6) is 11.5 Å². The second-order valence-electron chi connectivity index (χ2n) is 8.25. The number of benzene rings is 1. The molecule has 31 heavy (non-hydrogen) atoms. The molecule has 0 atom stereocenters. The Bertz CT molecular complexity index is 1060. The molecule has 0 saturated carbocycles. The average molecular weight is 424 g/mol. The third kappa shape index (κ3) is 4.50. The van der Waals surface area contributed by atoms with Crippen LogP contribution in [0.3, 0.4) is 0 Å². The summed E-state index contributed by atoms with van der Waals surface area (Å²) in [7, 11) is 3.34. The zero-order valence-corrected chi connectivity index (χ0v) is 18.6. The lowest BCUT2D eigenvalue weighted by molar-refractivity contribution is 0.0688. The van der Waals surface area contributed by atoms with Gasteiger partial charge in [0.05, 0.1) is 30.9 Å². The minimum absolute atomic E-state index is 0.0396. The van der Waals surface area contributed by atoms with Crippen molar-refractivity contribution in [1.29, 1.82) is 0 Å². The Hall–Kier alpha value is -3.09. The molecule has 4 rings (SSSR count). The lowest BCUT2D eigenvalue weighted by atomic mass is 9.90. The topological polar surface area (TPSA) is 77.7 Å². The van der Waals surface area contributed by atoms with Crippen molar-refractivity contribution in [2.24, 2.45) is 5.92 Å². The van der Waals surface area contributed by atoms with Crippen molar-refractivity contribution in [3.8, 4) is 11.5 Å². The first-order valence-electron chi connectivity index (χ1n) is 10.7. The third-order valence-corrected chi connectivity index (χ3v) is 6.13. The molecule has 0 bridgehead atoms. The van der Waals surface area contributed by atoms with E-state index in [1.165, 1.54) is 5.56 Å². The van der Waals surface area contributed by atoms with Gasteiger partial charge in [0.2, 0.25) is 0 Å². The van der Waals surface area contributed by atoms with Gasteiger partial charge in [0, 0.05) is 24.8 Å². The number of fused-ring (bicyclic) bond motifs is 1. The number of piperidine rings is 1. The zero-order chi connectivity index (χ0) is 22.0. The molecule has 1 aliphatic rings. The maximum atomic E-state index is 13.2. The first-order valence-corrected chi connectivity index (χ1v) is 10.7. The first-order chi connectivity index (χ1) is 15.0. The van der Waals surface area contributed by atoms with Gasteiger partial charge in [-0.2, -0.15) is 0 Å². The molecule has 7 nitrogen and oxygen atoms in total. The summed E-state index contributed by atoms with van der Waals surface area (Å²) in [6.07, 6.45) is 4.06. The third-order valence-electron chi connectivity index (χ3n) is 6.13. The quantitative estimate of drug-likeness (QED) is 0.587. The highest BCUT2D eigenvalue weighted by atomic mass is 16.5. The Morgan fingerprint density at radius 3 is 2.42 bits per heavy atom. The van der Waals surface area contributed by atoms with Crippen molar-refractivity contribution in [2.75, 3.05) is 27.3 Å². The second-order valence-corrected chi connectivity index (χ2v) is 8.25. The number of pyridine rings is 1. The fraction of sp³-hybridized carbons (Fsp3) is 0.458. The molecular formula is C24H29N3O4. The Morgan fingerprint density at radius 1 is 1.10 bits per heavy atom. The van der Waals surface area contributed by atoms with Gasteiger partial charge in [-0.05, 0) is 69.2 Å². The predicted molar refractivity (Wildman–Crippen MR) is 118 cm³/mol. The van der Waals surface area contributed by atoms with Crippen LogP contribution < -0.4 is 9.47 Å². The molecule has 3 aromatic rings.